The van der Waals surface area contributed by atoms with Gasteiger partial charge in [0.15, 0.2) is 17.8 Å². The maximum absolute atomic E-state index is 13.0. The van der Waals surface area contributed by atoms with Crippen LogP contribution in [0.25, 0.3) is 0 Å². The molecule has 1 unspecified atom stereocenters. The highest BCUT2D eigenvalue weighted by molar-refractivity contribution is 5.80. The summed E-state index contributed by atoms with van der Waals surface area (Å²) in [6.45, 7) is 1.92. The third kappa shape index (κ3) is 3.88. The first kappa shape index (κ1) is 18.8. The van der Waals surface area contributed by atoms with E-state index in [0.717, 1.165) is 31.4 Å². The molecule has 26 heavy (non-hydrogen) atoms. The minimum Gasteiger partial charge on any atom is -0.493 e. The first-order valence-corrected chi connectivity index (χ1v) is 8.99. The number of carbonyl (C=O) groups excluding carboxylic acids is 1. The molecule has 2 saturated heterocycles. The van der Waals surface area contributed by atoms with E-state index in [9.17, 15) is 4.79 Å². The number of carbonyl (C=O) groups is 1. The molecule has 1 atom stereocenters. The van der Waals surface area contributed by atoms with Crippen LogP contribution in [-0.2, 0) is 20.7 Å². The molecule has 0 aromatic heterocycles. The van der Waals surface area contributed by atoms with Crippen molar-refractivity contribution in [2.75, 3.05) is 41.1 Å². The molecule has 0 spiro atoms. The average Bonchev–Trinajstić information content (AvgIpc) is 3.21. The number of piperidine rings is 1. The molecule has 7 heteroatoms. The molecule has 1 aromatic carbocycles. The van der Waals surface area contributed by atoms with Crippen molar-refractivity contribution >= 4 is 5.91 Å². The standard InChI is InChI=1S/C19H27NO6/c1-22-15-10-13(11-16(23-2)18(15)24-3)12-17(21)20-7-5-4-6-14(20)19-25-8-9-26-19/h10-11,14,19H,4-9,12H2,1-3H3. The Kier molecular flexibility index (Phi) is 6.21. The predicted molar refractivity (Wildman–Crippen MR) is 94.8 cm³/mol. The molecule has 2 aliphatic rings. The van der Waals surface area contributed by atoms with E-state index in [2.05, 4.69) is 0 Å². The van der Waals surface area contributed by atoms with Crippen LogP contribution in [0.2, 0.25) is 0 Å². The molecule has 144 valence electrons. The van der Waals surface area contributed by atoms with Crippen LogP contribution in [0.15, 0.2) is 12.1 Å². The summed E-state index contributed by atoms with van der Waals surface area (Å²) in [7, 11) is 4.70. The monoisotopic (exact) mass is 365 g/mol. The second-order valence-corrected chi connectivity index (χ2v) is 6.47. The second kappa shape index (κ2) is 8.60. The molecule has 2 aliphatic heterocycles. The zero-order valence-corrected chi connectivity index (χ0v) is 15.7. The van der Waals surface area contributed by atoms with Crippen molar-refractivity contribution in [3.05, 3.63) is 17.7 Å². The Labute approximate surface area is 154 Å². The van der Waals surface area contributed by atoms with Crippen molar-refractivity contribution < 1.29 is 28.5 Å². The molecule has 0 saturated carbocycles. The van der Waals surface area contributed by atoms with Crippen molar-refractivity contribution in [3.63, 3.8) is 0 Å². The maximum Gasteiger partial charge on any atom is 0.227 e. The lowest BCUT2D eigenvalue weighted by molar-refractivity contribution is -0.149. The normalized spacial score (nSPS) is 20.9. The van der Waals surface area contributed by atoms with E-state index in [1.165, 1.54) is 0 Å². The Bertz CT molecular complexity index is 603. The van der Waals surface area contributed by atoms with Crippen molar-refractivity contribution in [1.82, 2.24) is 4.90 Å². The Morgan fingerprint density at radius 1 is 1.08 bits per heavy atom. The Hall–Kier alpha value is -1.99. The Morgan fingerprint density at radius 2 is 1.73 bits per heavy atom. The van der Waals surface area contributed by atoms with Gasteiger partial charge in [0, 0.05) is 6.54 Å². The van der Waals surface area contributed by atoms with Crippen LogP contribution in [-0.4, -0.2) is 64.2 Å². The summed E-state index contributed by atoms with van der Waals surface area (Å²) in [6.07, 6.45) is 2.96. The van der Waals surface area contributed by atoms with Crippen LogP contribution in [0.5, 0.6) is 17.2 Å². The quantitative estimate of drug-likeness (QED) is 0.768. The number of hydrogen-bond donors (Lipinski definition) is 0. The van der Waals surface area contributed by atoms with Crippen LogP contribution in [0, 0.1) is 0 Å². The molecule has 0 bridgehead atoms. The van der Waals surface area contributed by atoms with Gasteiger partial charge >= 0.3 is 0 Å². The van der Waals surface area contributed by atoms with E-state index < -0.39 is 0 Å². The largest absolute Gasteiger partial charge is 0.493 e. The van der Waals surface area contributed by atoms with Gasteiger partial charge in [0.1, 0.15) is 0 Å². The van der Waals surface area contributed by atoms with Crippen LogP contribution in [0.4, 0.5) is 0 Å². The van der Waals surface area contributed by atoms with Crippen molar-refractivity contribution in [3.8, 4) is 17.2 Å². The second-order valence-electron chi connectivity index (χ2n) is 6.47. The van der Waals surface area contributed by atoms with E-state index in [4.69, 9.17) is 23.7 Å². The van der Waals surface area contributed by atoms with Crippen LogP contribution < -0.4 is 14.2 Å². The lowest BCUT2D eigenvalue weighted by Crippen LogP contribution is -2.50. The number of hydrogen-bond acceptors (Lipinski definition) is 6. The molecular formula is C19H27NO6. The van der Waals surface area contributed by atoms with Gasteiger partial charge in [-0.2, -0.15) is 0 Å². The van der Waals surface area contributed by atoms with Gasteiger partial charge in [0.05, 0.1) is 47.0 Å². The fraction of sp³-hybridized carbons (Fsp3) is 0.632. The Morgan fingerprint density at radius 3 is 2.31 bits per heavy atom. The lowest BCUT2D eigenvalue weighted by atomic mass is 10.00. The summed E-state index contributed by atoms with van der Waals surface area (Å²) in [4.78, 5) is 14.9. The maximum atomic E-state index is 13.0. The lowest BCUT2D eigenvalue weighted by Gasteiger charge is -2.38. The number of likely N-dealkylation sites (tertiary alicyclic amines) is 1. The van der Waals surface area contributed by atoms with E-state index in [1.807, 2.05) is 17.0 Å². The number of amides is 1. The van der Waals surface area contributed by atoms with Gasteiger partial charge < -0.3 is 28.6 Å². The number of nitrogens with zero attached hydrogens (tertiary/aromatic N) is 1. The summed E-state index contributed by atoms with van der Waals surface area (Å²) in [5, 5.41) is 0. The van der Waals surface area contributed by atoms with E-state index in [-0.39, 0.29) is 24.7 Å². The molecule has 0 radical (unpaired) electrons. The van der Waals surface area contributed by atoms with Gasteiger partial charge in [0.2, 0.25) is 11.7 Å². The SMILES string of the molecule is COc1cc(CC(=O)N2CCCCC2C2OCCO2)cc(OC)c1OC. The minimum absolute atomic E-state index is 0.0132. The molecule has 0 aliphatic carbocycles. The summed E-state index contributed by atoms with van der Waals surface area (Å²) < 4.78 is 27.4. The highest BCUT2D eigenvalue weighted by atomic mass is 16.7. The number of ether oxygens (including phenoxy) is 5. The fourth-order valence-corrected chi connectivity index (χ4v) is 3.66. The average molecular weight is 365 g/mol. The molecule has 0 N–H and O–H groups in total. The van der Waals surface area contributed by atoms with E-state index >= 15 is 0 Å². The fourth-order valence-electron chi connectivity index (χ4n) is 3.66. The third-order valence-electron chi connectivity index (χ3n) is 4.91. The van der Waals surface area contributed by atoms with Gasteiger partial charge in [-0.05, 0) is 37.0 Å². The summed E-state index contributed by atoms with van der Waals surface area (Å²) in [5.74, 6) is 1.68. The van der Waals surface area contributed by atoms with Gasteiger partial charge in [-0.25, -0.2) is 0 Å². The Balaban J connectivity index is 1.77. The van der Waals surface area contributed by atoms with Gasteiger partial charge in [0.25, 0.3) is 0 Å². The van der Waals surface area contributed by atoms with Crippen molar-refractivity contribution in [2.24, 2.45) is 0 Å². The van der Waals surface area contributed by atoms with Crippen molar-refractivity contribution in [2.45, 2.75) is 38.0 Å². The molecule has 1 aromatic rings. The van der Waals surface area contributed by atoms with Gasteiger partial charge in [-0.1, -0.05) is 0 Å². The molecule has 7 nitrogen and oxygen atoms in total. The number of rotatable bonds is 6. The molecule has 2 fully saturated rings. The number of benzene rings is 1. The number of methoxy groups -OCH3 is 3. The van der Waals surface area contributed by atoms with E-state index in [0.29, 0.717) is 30.5 Å². The molecule has 2 heterocycles. The first-order chi connectivity index (χ1) is 12.7. The van der Waals surface area contributed by atoms with Crippen LogP contribution >= 0.6 is 0 Å². The zero-order valence-electron chi connectivity index (χ0n) is 15.7. The first-order valence-electron chi connectivity index (χ1n) is 8.99. The predicted octanol–water partition coefficient (Wildman–Crippen LogP) is 2.01. The summed E-state index contributed by atoms with van der Waals surface area (Å²) in [6, 6.07) is 3.63. The summed E-state index contributed by atoms with van der Waals surface area (Å²) in [5.41, 5.74) is 0.821. The molecule has 3 rings (SSSR count). The third-order valence-corrected chi connectivity index (χ3v) is 4.91. The highest BCUT2D eigenvalue weighted by Gasteiger charge is 2.36. The van der Waals surface area contributed by atoms with Crippen molar-refractivity contribution in [1.29, 1.82) is 0 Å². The topological polar surface area (TPSA) is 66.5 Å². The summed E-state index contributed by atoms with van der Waals surface area (Å²) >= 11 is 0. The minimum atomic E-state index is -0.306. The highest BCUT2D eigenvalue weighted by Crippen LogP contribution is 2.38. The zero-order chi connectivity index (χ0) is 18.5. The van der Waals surface area contributed by atoms with Gasteiger partial charge in [-0.15, -0.1) is 0 Å². The van der Waals surface area contributed by atoms with E-state index in [1.54, 1.807) is 21.3 Å². The van der Waals surface area contributed by atoms with Crippen LogP contribution in [0.1, 0.15) is 24.8 Å². The molecular weight excluding hydrogens is 338 g/mol. The van der Waals surface area contributed by atoms with Crippen LogP contribution in [0.3, 0.4) is 0 Å². The smallest absolute Gasteiger partial charge is 0.227 e. The molecule has 1 amide bonds. The van der Waals surface area contributed by atoms with Gasteiger partial charge in [-0.3, -0.25) is 4.79 Å².